The number of pyridine rings is 1. The van der Waals surface area contributed by atoms with E-state index >= 15 is 0 Å². The molecule has 1 aromatic heterocycles. The largest absolute Gasteiger partial charge is 0.433 e. The molecule has 0 saturated carbocycles. The Morgan fingerprint density at radius 1 is 1.19 bits per heavy atom. The van der Waals surface area contributed by atoms with Gasteiger partial charge in [0.15, 0.2) is 0 Å². The van der Waals surface area contributed by atoms with Gasteiger partial charge in [-0.3, -0.25) is 9.69 Å². The fraction of sp³-hybridized carbons (Fsp3) is 0.667. The Bertz CT molecular complexity index is 680. The van der Waals surface area contributed by atoms with E-state index in [1.54, 1.807) is 4.90 Å². The van der Waals surface area contributed by atoms with Crippen LogP contribution in [0.5, 0.6) is 0 Å². The van der Waals surface area contributed by atoms with Crippen molar-refractivity contribution in [1.29, 1.82) is 0 Å². The van der Waals surface area contributed by atoms with E-state index in [1.165, 1.54) is 0 Å². The van der Waals surface area contributed by atoms with Crippen LogP contribution in [0.15, 0.2) is 12.1 Å². The highest BCUT2D eigenvalue weighted by molar-refractivity contribution is 5.97. The molecular formula is C18H25F3N4O2. The molecule has 3 heterocycles. The zero-order valence-electron chi connectivity index (χ0n) is 15.5. The summed E-state index contributed by atoms with van der Waals surface area (Å²) in [7, 11) is 0. The fourth-order valence-electron chi connectivity index (χ4n) is 4.00. The van der Waals surface area contributed by atoms with E-state index in [4.69, 9.17) is 10.5 Å². The summed E-state index contributed by atoms with van der Waals surface area (Å²) in [6.45, 7) is 6.85. The van der Waals surface area contributed by atoms with Gasteiger partial charge in [0, 0.05) is 32.2 Å². The van der Waals surface area contributed by atoms with E-state index in [9.17, 15) is 18.0 Å². The monoisotopic (exact) mass is 386 g/mol. The summed E-state index contributed by atoms with van der Waals surface area (Å²) in [5.41, 5.74) is 4.36. The first-order chi connectivity index (χ1) is 12.6. The van der Waals surface area contributed by atoms with E-state index < -0.39 is 17.8 Å². The highest BCUT2D eigenvalue weighted by Crippen LogP contribution is 2.32. The summed E-state index contributed by atoms with van der Waals surface area (Å²) in [6, 6.07) is 2.26. The quantitative estimate of drug-likeness (QED) is 0.863. The molecule has 9 heteroatoms. The van der Waals surface area contributed by atoms with Crippen molar-refractivity contribution >= 4 is 11.7 Å². The van der Waals surface area contributed by atoms with Gasteiger partial charge in [-0.2, -0.15) is 13.2 Å². The lowest BCUT2D eigenvalue weighted by atomic mass is 10.0. The van der Waals surface area contributed by atoms with Crippen LogP contribution in [0.1, 0.15) is 42.7 Å². The van der Waals surface area contributed by atoms with Gasteiger partial charge < -0.3 is 15.4 Å². The van der Waals surface area contributed by atoms with E-state index in [2.05, 4.69) is 9.88 Å². The normalized spacial score (nSPS) is 25.6. The van der Waals surface area contributed by atoms with Crippen molar-refractivity contribution in [3.05, 3.63) is 23.4 Å². The predicted molar refractivity (Wildman–Crippen MR) is 94.6 cm³/mol. The summed E-state index contributed by atoms with van der Waals surface area (Å²) in [5, 5.41) is 0. The minimum atomic E-state index is -4.57. The van der Waals surface area contributed by atoms with Crippen LogP contribution in [0.3, 0.4) is 0 Å². The molecule has 1 aromatic rings. The number of carbonyl (C=O) groups is 1. The summed E-state index contributed by atoms with van der Waals surface area (Å²) in [5.74, 6) is -0.747. The number of ether oxygens (including phenoxy) is 1. The molecular weight excluding hydrogens is 361 g/mol. The molecule has 2 atom stereocenters. The van der Waals surface area contributed by atoms with E-state index in [1.807, 2.05) is 13.8 Å². The topological polar surface area (TPSA) is 71.7 Å². The molecule has 0 aromatic carbocycles. The number of morpholine rings is 1. The molecule has 2 aliphatic rings. The van der Waals surface area contributed by atoms with Gasteiger partial charge in [0.2, 0.25) is 0 Å². The number of hydrogen-bond donors (Lipinski definition) is 1. The summed E-state index contributed by atoms with van der Waals surface area (Å²) in [4.78, 5) is 19.5. The van der Waals surface area contributed by atoms with Crippen LogP contribution in [0.4, 0.5) is 19.0 Å². The van der Waals surface area contributed by atoms with Gasteiger partial charge in [0.05, 0.1) is 17.8 Å². The predicted octanol–water partition coefficient (Wildman–Crippen LogP) is 2.28. The maximum atomic E-state index is 13.0. The van der Waals surface area contributed by atoms with Crippen molar-refractivity contribution < 1.29 is 22.7 Å². The maximum Gasteiger partial charge on any atom is 0.433 e. The van der Waals surface area contributed by atoms with Gasteiger partial charge >= 0.3 is 6.18 Å². The Morgan fingerprint density at radius 2 is 1.78 bits per heavy atom. The molecule has 0 radical (unpaired) electrons. The van der Waals surface area contributed by atoms with Crippen LogP contribution in [0, 0.1) is 0 Å². The van der Waals surface area contributed by atoms with Crippen molar-refractivity contribution in [2.75, 3.05) is 31.1 Å². The number of primary amides is 1. The van der Waals surface area contributed by atoms with Crippen LogP contribution in [0.2, 0.25) is 0 Å². The van der Waals surface area contributed by atoms with Gasteiger partial charge in [-0.05, 0) is 38.8 Å². The number of nitrogens with zero attached hydrogens (tertiary/aromatic N) is 3. The Balaban J connectivity index is 1.74. The van der Waals surface area contributed by atoms with E-state index in [-0.39, 0.29) is 23.6 Å². The van der Waals surface area contributed by atoms with Crippen LogP contribution >= 0.6 is 0 Å². The van der Waals surface area contributed by atoms with E-state index in [0.717, 1.165) is 38.1 Å². The number of anilines is 1. The van der Waals surface area contributed by atoms with Gasteiger partial charge in [0.1, 0.15) is 11.5 Å². The SMILES string of the molecule is C[C@@H]1CN(C2CCN(c3nc(C(F)(F)F)ccc3C(N)=O)CC2)C[C@H](C)O1. The summed E-state index contributed by atoms with van der Waals surface area (Å²) < 4.78 is 44.9. The number of amides is 1. The first-order valence-electron chi connectivity index (χ1n) is 9.17. The summed E-state index contributed by atoms with van der Waals surface area (Å²) in [6.07, 6.45) is -2.66. The number of carbonyl (C=O) groups excluding carboxylic acids is 1. The Kier molecular flexibility index (Phi) is 5.62. The highest BCUT2D eigenvalue weighted by Gasteiger charge is 2.35. The second-order valence-corrected chi connectivity index (χ2v) is 7.36. The van der Waals surface area contributed by atoms with Crippen molar-refractivity contribution in [3.8, 4) is 0 Å². The molecule has 2 N–H and O–H groups in total. The summed E-state index contributed by atoms with van der Waals surface area (Å²) >= 11 is 0. The second-order valence-electron chi connectivity index (χ2n) is 7.36. The number of piperidine rings is 1. The first kappa shape index (κ1) is 19.9. The number of hydrogen-bond acceptors (Lipinski definition) is 5. The van der Waals surface area contributed by atoms with Gasteiger partial charge in [-0.15, -0.1) is 0 Å². The zero-order chi connectivity index (χ0) is 19.8. The molecule has 2 saturated heterocycles. The molecule has 27 heavy (non-hydrogen) atoms. The molecule has 0 spiro atoms. The van der Waals surface area contributed by atoms with Gasteiger partial charge in [-0.25, -0.2) is 4.98 Å². The standard InChI is InChI=1S/C18H25F3N4O2/c1-11-9-25(10-12(2)27-11)13-5-7-24(8-6-13)17-14(16(22)26)3-4-15(23-17)18(19,20)21/h3-4,11-13H,5-10H2,1-2H3,(H2,22,26)/t11-,12+. The van der Waals surface area contributed by atoms with E-state index in [0.29, 0.717) is 19.1 Å². The molecule has 150 valence electrons. The third kappa shape index (κ3) is 4.52. The third-order valence-corrected chi connectivity index (χ3v) is 5.16. The lowest BCUT2D eigenvalue weighted by molar-refractivity contribution is -0.141. The number of nitrogens with two attached hydrogens (primary N) is 1. The average Bonchev–Trinajstić information content (AvgIpc) is 2.59. The number of aromatic nitrogens is 1. The Hall–Kier alpha value is -1.87. The highest BCUT2D eigenvalue weighted by atomic mass is 19.4. The van der Waals surface area contributed by atoms with Crippen LogP contribution in [-0.2, 0) is 10.9 Å². The van der Waals surface area contributed by atoms with Crippen LogP contribution < -0.4 is 10.6 Å². The van der Waals surface area contributed by atoms with Crippen LogP contribution in [-0.4, -0.2) is 60.2 Å². The molecule has 6 nitrogen and oxygen atoms in total. The molecule has 0 unspecified atom stereocenters. The Labute approximate surface area is 156 Å². The minimum absolute atomic E-state index is 0.0232. The molecule has 1 amide bonds. The number of rotatable bonds is 3. The molecule has 2 aliphatic heterocycles. The zero-order valence-corrected chi connectivity index (χ0v) is 15.5. The first-order valence-corrected chi connectivity index (χ1v) is 9.17. The van der Waals surface area contributed by atoms with Crippen molar-refractivity contribution in [2.45, 2.75) is 51.1 Å². The molecule has 3 rings (SSSR count). The van der Waals surface area contributed by atoms with Crippen molar-refractivity contribution in [2.24, 2.45) is 5.73 Å². The number of halogens is 3. The van der Waals surface area contributed by atoms with Crippen molar-refractivity contribution in [1.82, 2.24) is 9.88 Å². The maximum absolute atomic E-state index is 13.0. The van der Waals surface area contributed by atoms with Gasteiger partial charge in [-0.1, -0.05) is 0 Å². The second kappa shape index (κ2) is 7.63. The van der Waals surface area contributed by atoms with Gasteiger partial charge in [0.25, 0.3) is 5.91 Å². The number of alkyl halides is 3. The smallest absolute Gasteiger partial charge is 0.373 e. The fourth-order valence-corrected chi connectivity index (χ4v) is 4.00. The molecule has 0 aliphatic carbocycles. The average molecular weight is 386 g/mol. The lowest BCUT2D eigenvalue weighted by Crippen LogP contribution is -2.53. The minimum Gasteiger partial charge on any atom is -0.373 e. The van der Waals surface area contributed by atoms with Crippen molar-refractivity contribution in [3.63, 3.8) is 0 Å². The molecule has 2 fully saturated rings. The third-order valence-electron chi connectivity index (χ3n) is 5.16. The lowest BCUT2D eigenvalue weighted by Gasteiger charge is -2.44. The molecule has 0 bridgehead atoms. The van der Waals surface area contributed by atoms with Crippen LogP contribution in [0.25, 0.3) is 0 Å². The Morgan fingerprint density at radius 3 is 2.30 bits per heavy atom.